The zero-order chi connectivity index (χ0) is 16.5. The first kappa shape index (κ1) is 17.5. The molecule has 124 valence electrons. The van der Waals surface area contributed by atoms with Gasteiger partial charge in [-0.1, -0.05) is 0 Å². The van der Waals surface area contributed by atoms with Crippen LogP contribution in [0.2, 0.25) is 0 Å². The number of methoxy groups -OCH3 is 2. The first-order valence-corrected chi connectivity index (χ1v) is 7.65. The van der Waals surface area contributed by atoms with Crippen molar-refractivity contribution in [2.45, 2.75) is 44.6 Å². The minimum absolute atomic E-state index is 0.275. The van der Waals surface area contributed by atoms with Crippen LogP contribution in [0.5, 0.6) is 0 Å². The van der Waals surface area contributed by atoms with Crippen molar-refractivity contribution < 1.29 is 28.8 Å². The molecule has 1 aliphatic heterocycles. The summed E-state index contributed by atoms with van der Waals surface area (Å²) in [5.41, 5.74) is 0. The molecule has 2 heterocycles. The van der Waals surface area contributed by atoms with Gasteiger partial charge in [-0.2, -0.15) is 0 Å². The summed E-state index contributed by atoms with van der Waals surface area (Å²) in [5, 5.41) is 9.89. The highest BCUT2D eigenvalue weighted by Crippen LogP contribution is 2.33. The molecule has 7 nitrogen and oxygen atoms in total. The van der Waals surface area contributed by atoms with Crippen LogP contribution in [0.4, 0.5) is 0 Å². The van der Waals surface area contributed by atoms with E-state index in [-0.39, 0.29) is 12.4 Å². The molecular weight excluding hydrogens is 310 g/mol. The Hall–Kier alpha value is -0.900. The van der Waals surface area contributed by atoms with Gasteiger partial charge in [0, 0.05) is 20.4 Å². The van der Waals surface area contributed by atoms with Crippen LogP contribution in [-0.2, 0) is 24.7 Å². The van der Waals surface area contributed by atoms with Gasteiger partial charge >= 0.3 is 0 Å². The van der Waals surface area contributed by atoms with Crippen LogP contribution in [0.1, 0.15) is 35.5 Å². The number of aliphatic hydroxyl groups excluding tert-OH is 1. The van der Waals surface area contributed by atoms with Crippen LogP contribution < -0.4 is 0 Å². The Morgan fingerprint density at radius 3 is 2.64 bits per heavy atom. The topological polar surface area (TPSA) is 87.1 Å². The number of nitrogens with zero attached hydrogens (tertiary/aromatic N) is 1. The van der Waals surface area contributed by atoms with Gasteiger partial charge in [-0.05, 0) is 20.8 Å². The molecule has 0 amide bonds. The Kier molecular flexibility index (Phi) is 5.00. The largest absolute Gasteiger partial charge is 0.394 e. The van der Waals surface area contributed by atoms with Crippen molar-refractivity contribution in [3.8, 4) is 0 Å². The van der Waals surface area contributed by atoms with Crippen molar-refractivity contribution in [1.82, 2.24) is 4.98 Å². The van der Waals surface area contributed by atoms with E-state index in [1.54, 1.807) is 20.8 Å². The molecule has 0 bridgehead atoms. The third kappa shape index (κ3) is 3.22. The van der Waals surface area contributed by atoms with Gasteiger partial charge in [-0.25, -0.2) is 4.98 Å². The summed E-state index contributed by atoms with van der Waals surface area (Å²) in [6, 6.07) is 0. The lowest BCUT2D eigenvalue weighted by Crippen LogP contribution is -2.33. The molecule has 0 aromatic carbocycles. The standard InChI is InChI=1S/C14H21NO6S/c1-13(2)20-8(7-16)11(21-13)10(17)9-6-15-12(22-9)14(3,18-4)19-5/h6,8,11,16H,7H2,1-5H3/t8-,11+/m1/s1. The summed E-state index contributed by atoms with van der Waals surface area (Å²) in [7, 11) is 3.01. The number of aromatic nitrogens is 1. The Bertz CT molecular complexity index is 539. The molecule has 0 radical (unpaired) electrons. The van der Waals surface area contributed by atoms with Gasteiger partial charge in [-0.3, -0.25) is 4.79 Å². The average molecular weight is 331 g/mol. The SMILES string of the molecule is COC(C)(OC)c1ncc(C(=O)[C@H]2OC(C)(C)O[C@@H]2CO)s1. The zero-order valence-corrected chi connectivity index (χ0v) is 14.1. The van der Waals surface area contributed by atoms with Crippen molar-refractivity contribution in [3.63, 3.8) is 0 Å². The van der Waals surface area contributed by atoms with Crippen LogP contribution in [-0.4, -0.2) is 54.7 Å². The first-order chi connectivity index (χ1) is 10.3. The molecule has 1 aliphatic rings. The van der Waals surface area contributed by atoms with Gasteiger partial charge in [0.1, 0.15) is 6.10 Å². The highest BCUT2D eigenvalue weighted by molar-refractivity contribution is 7.13. The summed E-state index contributed by atoms with van der Waals surface area (Å²) in [5.74, 6) is -2.19. The summed E-state index contributed by atoms with van der Waals surface area (Å²) in [6.45, 7) is 4.83. The molecule has 0 saturated carbocycles. The minimum atomic E-state index is -1.01. The van der Waals surface area contributed by atoms with Crippen molar-refractivity contribution >= 4 is 17.1 Å². The summed E-state index contributed by atoms with van der Waals surface area (Å²) >= 11 is 1.17. The monoisotopic (exact) mass is 331 g/mol. The first-order valence-electron chi connectivity index (χ1n) is 6.83. The molecule has 1 fully saturated rings. The molecular formula is C14H21NO6S. The Labute approximate surface area is 133 Å². The molecule has 0 spiro atoms. The lowest BCUT2D eigenvalue weighted by molar-refractivity contribution is -0.201. The van der Waals surface area contributed by atoms with Crippen LogP contribution in [0.25, 0.3) is 0 Å². The third-order valence-electron chi connectivity index (χ3n) is 3.54. The number of hydrogen-bond acceptors (Lipinski definition) is 8. The van der Waals surface area contributed by atoms with E-state index in [1.807, 2.05) is 0 Å². The number of hydrogen-bond donors (Lipinski definition) is 1. The molecule has 2 rings (SSSR count). The van der Waals surface area contributed by atoms with E-state index in [2.05, 4.69) is 4.98 Å². The Morgan fingerprint density at radius 2 is 2.09 bits per heavy atom. The number of rotatable bonds is 6. The van der Waals surface area contributed by atoms with Crippen LogP contribution >= 0.6 is 11.3 Å². The number of carbonyl (C=O) groups excluding carboxylic acids is 1. The number of ether oxygens (including phenoxy) is 4. The number of carbonyl (C=O) groups is 1. The molecule has 0 unspecified atom stereocenters. The highest BCUT2D eigenvalue weighted by Gasteiger charge is 2.45. The number of aliphatic hydroxyl groups is 1. The maximum absolute atomic E-state index is 12.6. The van der Waals surface area contributed by atoms with Crippen molar-refractivity contribution in [1.29, 1.82) is 0 Å². The second-order valence-corrected chi connectivity index (χ2v) is 6.56. The molecule has 1 aromatic heterocycles. The van der Waals surface area contributed by atoms with E-state index in [1.165, 1.54) is 31.8 Å². The van der Waals surface area contributed by atoms with Gasteiger partial charge in [0.2, 0.25) is 11.6 Å². The normalized spacial score (nSPS) is 24.6. The fourth-order valence-electron chi connectivity index (χ4n) is 2.19. The average Bonchev–Trinajstić information content (AvgIpc) is 3.10. The van der Waals surface area contributed by atoms with E-state index >= 15 is 0 Å². The number of ketones is 1. The quantitative estimate of drug-likeness (QED) is 0.621. The fraction of sp³-hybridized carbons (Fsp3) is 0.714. The van der Waals surface area contributed by atoms with Crippen molar-refractivity contribution in [2.75, 3.05) is 20.8 Å². The zero-order valence-electron chi connectivity index (χ0n) is 13.3. The Morgan fingerprint density at radius 1 is 1.45 bits per heavy atom. The third-order valence-corrected chi connectivity index (χ3v) is 4.73. The predicted octanol–water partition coefficient (Wildman–Crippen LogP) is 1.30. The Balaban J connectivity index is 2.22. The molecule has 8 heteroatoms. The highest BCUT2D eigenvalue weighted by atomic mass is 32.1. The van der Waals surface area contributed by atoms with Gasteiger partial charge in [0.05, 0.1) is 11.5 Å². The van der Waals surface area contributed by atoms with E-state index in [4.69, 9.17) is 18.9 Å². The predicted molar refractivity (Wildman–Crippen MR) is 78.7 cm³/mol. The van der Waals surface area contributed by atoms with Crippen LogP contribution in [0, 0.1) is 0 Å². The van der Waals surface area contributed by atoms with Gasteiger partial charge < -0.3 is 24.1 Å². The van der Waals surface area contributed by atoms with E-state index in [0.29, 0.717) is 9.88 Å². The lowest BCUT2D eigenvalue weighted by atomic mass is 10.1. The number of thiazole rings is 1. The summed E-state index contributed by atoms with van der Waals surface area (Å²) in [4.78, 5) is 17.2. The summed E-state index contributed by atoms with van der Waals surface area (Å²) in [6.07, 6.45) is -0.0872. The van der Waals surface area contributed by atoms with Crippen molar-refractivity contribution in [3.05, 3.63) is 16.1 Å². The van der Waals surface area contributed by atoms with E-state index in [9.17, 15) is 9.90 Å². The molecule has 22 heavy (non-hydrogen) atoms. The second kappa shape index (κ2) is 6.31. The van der Waals surface area contributed by atoms with Crippen LogP contribution in [0.15, 0.2) is 6.20 Å². The maximum Gasteiger partial charge on any atom is 0.218 e. The van der Waals surface area contributed by atoms with Crippen LogP contribution in [0.3, 0.4) is 0 Å². The molecule has 1 saturated heterocycles. The van der Waals surface area contributed by atoms with E-state index < -0.39 is 23.8 Å². The number of Topliss-reactive ketones (excluding diaryl/α,β-unsaturated/α-hetero) is 1. The fourth-order valence-corrected chi connectivity index (χ4v) is 3.18. The molecule has 1 aromatic rings. The smallest absolute Gasteiger partial charge is 0.218 e. The molecule has 1 N–H and O–H groups in total. The van der Waals surface area contributed by atoms with Gasteiger partial charge in [0.25, 0.3) is 0 Å². The molecule has 0 aliphatic carbocycles. The maximum atomic E-state index is 12.6. The van der Waals surface area contributed by atoms with Gasteiger partial charge in [0.15, 0.2) is 16.9 Å². The van der Waals surface area contributed by atoms with Gasteiger partial charge in [-0.15, -0.1) is 11.3 Å². The van der Waals surface area contributed by atoms with Crippen molar-refractivity contribution in [2.24, 2.45) is 0 Å². The van der Waals surface area contributed by atoms with E-state index in [0.717, 1.165) is 0 Å². The minimum Gasteiger partial charge on any atom is -0.394 e. The second-order valence-electron chi connectivity index (χ2n) is 5.53. The molecule has 2 atom stereocenters. The summed E-state index contributed by atoms with van der Waals surface area (Å²) < 4.78 is 21.7. The lowest BCUT2D eigenvalue weighted by Gasteiger charge is -2.23.